The Morgan fingerprint density at radius 1 is 1.26 bits per heavy atom. The van der Waals surface area contributed by atoms with E-state index in [1.165, 1.54) is 0 Å². The van der Waals surface area contributed by atoms with E-state index in [0.717, 1.165) is 24.0 Å². The number of rotatable bonds is 4. The highest BCUT2D eigenvalue weighted by Crippen LogP contribution is 2.28. The zero-order chi connectivity index (χ0) is 14.0. The first kappa shape index (κ1) is 14.2. The predicted molar refractivity (Wildman–Crippen MR) is 79.9 cm³/mol. The van der Waals surface area contributed by atoms with Crippen LogP contribution < -0.4 is 0 Å². The van der Waals surface area contributed by atoms with Crippen molar-refractivity contribution in [2.45, 2.75) is 20.4 Å². The van der Waals surface area contributed by atoms with E-state index in [1.54, 1.807) is 11.0 Å². The third-order valence-corrected chi connectivity index (χ3v) is 3.76. The molecular weight excluding hydrogens is 283 g/mol. The fourth-order valence-corrected chi connectivity index (χ4v) is 2.72. The number of aromatic nitrogens is 1. The Labute approximate surface area is 122 Å². The van der Waals surface area contributed by atoms with Crippen molar-refractivity contribution in [1.82, 2.24) is 9.47 Å². The number of likely N-dealkylation sites (N-methyl/N-ethyl adjacent to an activating group) is 1. The Morgan fingerprint density at radius 3 is 2.58 bits per heavy atom. The maximum absolute atomic E-state index is 12.1. The first-order valence-electron chi connectivity index (χ1n) is 6.28. The van der Waals surface area contributed by atoms with Crippen molar-refractivity contribution in [3.63, 3.8) is 0 Å². The summed E-state index contributed by atoms with van der Waals surface area (Å²) in [6.45, 7) is 5.69. The molecule has 1 aromatic carbocycles. The van der Waals surface area contributed by atoms with Gasteiger partial charge in [-0.15, -0.1) is 0 Å². The molecule has 0 fully saturated rings. The minimum absolute atomic E-state index is 0.0959. The zero-order valence-corrected chi connectivity index (χ0v) is 12.5. The van der Waals surface area contributed by atoms with Gasteiger partial charge in [0.1, 0.15) is 6.54 Å². The van der Waals surface area contributed by atoms with Gasteiger partial charge in [-0.3, -0.25) is 4.79 Å². The molecule has 0 atom stereocenters. The third-order valence-electron chi connectivity index (χ3n) is 3.22. The van der Waals surface area contributed by atoms with Crippen LogP contribution in [0.25, 0.3) is 10.9 Å². The fourth-order valence-electron chi connectivity index (χ4n) is 2.18. The van der Waals surface area contributed by atoms with Crippen LogP contribution in [0.1, 0.15) is 13.8 Å². The minimum Gasteiger partial charge on any atom is -0.342 e. The molecular formula is C14H16Cl2N2O. The van der Waals surface area contributed by atoms with Gasteiger partial charge < -0.3 is 9.47 Å². The molecule has 3 nitrogen and oxygen atoms in total. The van der Waals surface area contributed by atoms with Crippen molar-refractivity contribution in [2.75, 3.05) is 13.1 Å². The fraction of sp³-hybridized carbons (Fsp3) is 0.357. The summed E-state index contributed by atoms with van der Waals surface area (Å²) in [7, 11) is 0. The molecule has 1 amide bonds. The lowest BCUT2D eigenvalue weighted by Gasteiger charge is -2.19. The molecule has 2 aromatic rings. The third kappa shape index (κ3) is 2.88. The van der Waals surface area contributed by atoms with Crippen LogP contribution in [0.4, 0.5) is 0 Å². The molecule has 0 aliphatic rings. The van der Waals surface area contributed by atoms with Crippen molar-refractivity contribution in [3.05, 3.63) is 34.4 Å². The van der Waals surface area contributed by atoms with Gasteiger partial charge in [-0.1, -0.05) is 23.2 Å². The van der Waals surface area contributed by atoms with Crippen molar-refractivity contribution < 1.29 is 4.79 Å². The highest BCUT2D eigenvalue weighted by molar-refractivity contribution is 6.38. The highest BCUT2D eigenvalue weighted by Gasteiger charge is 2.13. The molecule has 5 heteroatoms. The van der Waals surface area contributed by atoms with Crippen molar-refractivity contribution >= 4 is 40.0 Å². The summed E-state index contributed by atoms with van der Waals surface area (Å²) in [5.41, 5.74) is 0.887. The van der Waals surface area contributed by atoms with Crippen molar-refractivity contribution in [2.24, 2.45) is 0 Å². The highest BCUT2D eigenvalue weighted by atomic mass is 35.5. The Morgan fingerprint density at radius 2 is 1.95 bits per heavy atom. The Balaban J connectivity index is 2.34. The van der Waals surface area contributed by atoms with E-state index >= 15 is 0 Å². The average Bonchev–Trinajstić information content (AvgIpc) is 2.74. The average molecular weight is 299 g/mol. The lowest BCUT2D eigenvalue weighted by molar-refractivity contribution is -0.131. The number of hydrogen-bond donors (Lipinski definition) is 0. The molecule has 0 bridgehead atoms. The van der Waals surface area contributed by atoms with Crippen LogP contribution in [0, 0.1) is 0 Å². The molecule has 2 rings (SSSR count). The molecule has 102 valence electrons. The summed E-state index contributed by atoms with van der Waals surface area (Å²) in [5, 5.41) is 2.10. The quantitative estimate of drug-likeness (QED) is 0.842. The van der Waals surface area contributed by atoms with Gasteiger partial charge in [-0.05, 0) is 32.0 Å². The number of hydrogen-bond acceptors (Lipinski definition) is 1. The maximum Gasteiger partial charge on any atom is 0.242 e. The SMILES string of the molecule is CCN(CC)C(=O)Cn1ccc2c(Cl)cc(Cl)cc21. The van der Waals surface area contributed by atoms with E-state index in [1.807, 2.05) is 36.7 Å². The van der Waals surface area contributed by atoms with Crippen molar-refractivity contribution in [1.29, 1.82) is 0 Å². The maximum atomic E-state index is 12.1. The van der Waals surface area contributed by atoms with Crippen LogP contribution in [0.5, 0.6) is 0 Å². The second-order valence-electron chi connectivity index (χ2n) is 4.33. The molecule has 19 heavy (non-hydrogen) atoms. The van der Waals surface area contributed by atoms with E-state index in [4.69, 9.17) is 23.2 Å². The molecule has 0 spiro atoms. The van der Waals surface area contributed by atoms with Crippen LogP contribution in [-0.2, 0) is 11.3 Å². The first-order valence-corrected chi connectivity index (χ1v) is 7.04. The number of fused-ring (bicyclic) bond motifs is 1. The second-order valence-corrected chi connectivity index (χ2v) is 5.17. The first-order chi connectivity index (χ1) is 9.06. The molecule has 0 aliphatic heterocycles. The standard InChI is InChI=1S/C14H16Cl2N2O/c1-3-17(4-2)14(19)9-18-6-5-11-12(16)7-10(15)8-13(11)18/h5-8H,3-4,9H2,1-2H3. The summed E-state index contributed by atoms with van der Waals surface area (Å²) >= 11 is 12.1. The molecule has 0 radical (unpaired) electrons. The summed E-state index contributed by atoms with van der Waals surface area (Å²) in [5.74, 6) is 0.0959. The number of benzene rings is 1. The summed E-state index contributed by atoms with van der Waals surface area (Å²) < 4.78 is 1.88. The van der Waals surface area contributed by atoms with E-state index < -0.39 is 0 Å². The van der Waals surface area contributed by atoms with Gasteiger partial charge in [0.2, 0.25) is 5.91 Å². The predicted octanol–water partition coefficient (Wildman–Crippen LogP) is 3.82. The molecule has 0 aliphatic carbocycles. The molecule has 0 unspecified atom stereocenters. The van der Waals surface area contributed by atoms with E-state index in [-0.39, 0.29) is 5.91 Å². The number of halogens is 2. The number of nitrogens with zero attached hydrogens (tertiary/aromatic N) is 2. The second kappa shape index (κ2) is 5.85. The Hall–Kier alpha value is -1.19. The van der Waals surface area contributed by atoms with E-state index in [9.17, 15) is 4.79 Å². The molecule has 0 saturated carbocycles. The smallest absolute Gasteiger partial charge is 0.242 e. The molecule has 0 N–H and O–H groups in total. The topological polar surface area (TPSA) is 25.2 Å². The van der Waals surface area contributed by atoms with Gasteiger partial charge in [0, 0.05) is 29.7 Å². The lowest BCUT2D eigenvalue weighted by atomic mass is 10.2. The van der Waals surface area contributed by atoms with E-state index in [0.29, 0.717) is 16.6 Å². The Bertz CT molecular complexity index is 603. The van der Waals surface area contributed by atoms with Crippen LogP contribution in [0.2, 0.25) is 10.0 Å². The van der Waals surface area contributed by atoms with Gasteiger partial charge in [0.05, 0.1) is 10.5 Å². The zero-order valence-electron chi connectivity index (χ0n) is 11.0. The largest absolute Gasteiger partial charge is 0.342 e. The van der Waals surface area contributed by atoms with Gasteiger partial charge in [0.25, 0.3) is 0 Å². The summed E-state index contributed by atoms with van der Waals surface area (Å²) in [4.78, 5) is 13.9. The molecule has 1 aromatic heterocycles. The molecule has 1 heterocycles. The lowest BCUT2D eigenvalue weighted by Crippen LogP contribution is -2.33. The summed E-state index contributed by atoms with van der Waals surface area (Å²) in [6.07, 6.45) is 1.87. The van der Waals surface area contributed by atoms with Gasteiger partial charge in [0.15, 0.2) is 0 Å². The number of carbonyl (C=O) groups is 1. The van der Waals surface area contributed by atoms with Crippen LogP contribution in [-0.4, -0.2) is 28.5 Å². The van der Waals surface area contributed by atoms with Gasteiger partial charge in [-0.25, -0.2) is 0 Å². The Kier molecular flexibility index (Phi) is 4.38. The van der Waals surface area contributed by atoms with Crippen LogP contribution >= 0.6 is 23.2 Å². The number of amides is 1. The van der Waals surface area contributed by atoms with Crippen molar-refractivity contribution in [3.8, 4) is 0 Å². The normalized spacial score (nSPS) is 10.9. The minimum atomic E-state index is 0.0959. The number of carbonyl (C=O) groups excluding carboxylic acids is 1. The monoisotopic (exact) mass is 298 g/mol. The van der Waals surface area contributed by atoms with Gasteiger partial charge in [-0.2, -0.15) is 0 Å². The van der Waals surface area contributed by atoms with Gasteiger partial charge >= 0.3 is 0 Å². The van der Waals surface area contributed by atoms with Crippen LogP contribution in [0.15, 0.2) is 24.4 Å². The molecule has 0 saturated heterocycles. The van der Waals surface area contributed by atoms with Crippen LogP contribution in [0.3, 0.4) is 0 Å². The summed E-state index contributed by atoms with van der Waals surface area (Å²) in [6, 6.07) is 5.45. The van der Waals surface area contributed by atoms with E-state index in [2.05, 4.69) is 0 Å².